The Labute approximate surface area is 149 Å². The Balaban J connectivity index is 2.04. The summed E-state index contributed by atoms with van der Waals surface area (Å²) in [5, 5.41) is 12.0. The Morgan fingerprint density at radius 2 is 2.04 bits per heavy atom. The second-order valence-corrected chi connectivity index (χ2v) is 7.38. The summed E-state index contributed by atoms with van der Waals surface area (Å²) < 4.78 is 39.2. The van der Waals surface area contributed by atoms with Crippen LogP contribution in [0.4, 0.5) is 13.2 Å². The van der Waals surface area contributed by atoms with Crippen molar-refractivity contribution >= 4 is 17.7 Å². The number of nitrogens with one attached hydrogen (secondary N) is 1. The molecule has 25 heavy (non-hydrogen) atoms. The molecule has 1 heterocycles. The highest BCUT2D eigenvalue weighted by Gasteiger charge is 2.35. The number of amides is 1. The molecule has 0 saturated heterocycles. The van der Waals surface area contributed by atoms with Crippen LogP contribution in [0.1, 0.15) is 49.4 Å². The molecule has 0 unspecified atom stereocenters. The van der Waals surface area contributed by atoms with E-state index in [-0.39, 0.29) is 28.4 Å². The van der Waals surface area contributed by atoms with Gasteiger partial charge in [0.05, 0.1) is 16.9 Å². The Morgan fingerprint density at radius 3 is 2.60 bits per heavy atom. The molecule has 0 bridgehead atoms. The summed E-state index contributed by atoms with van der Waals surface area (Å²) in [7, 11) is 0. The topological polar surface area (TPSA) is 65.8 Å². The second-order valence-electron chi connectivity index (χ2n) is 6.41. The summed E-state index contributed by atoms with van der Waals surface area (Å²) in [5.41, 5.74) is -1.37. The molecule has 4 nitrogen and oxygen atoms in total. The van der Waals surface area contributed by atoms with Crippen LogP contribution in [0, 0.1) is 24.2 Å². The predicted octanol–water partition coefficient (Wildman–Crippen LogP) is 4.07. The van der Waals surface area contributed by atoms with E-state index in [0.29, 0.717) is 5.92 Å². The van der Waals surface area contributed by atoms with E-state index in [9.17, 15) is 18.0 Å². The monoisotopic (exact) mass is 371 g/mol. The Hall–Kier alpha value is -1.75. The molecular weight excluding hydrogens is 351 g/mol. The van der Waals surface area contributed by atoms with Gasteiger partial charge in [-0.25, -0.2) is 4.98 Å². The van der Waals surface area contributed by atoms with Crippen LogP contribution < -0.4 is 5.32 Å². The number of hydrogen-bond acceptors (Lipinski definition) is 4. The van der Waals surface area contributed by atoms with Crippen LogP contribution >= 0.6 is 11.8 Å². The molecule has 1 aromatic rings. The summed E-state index contributed by atoms with van der Waals surface area (Å²) in [6.07, 6.45) is -0.672. The van der Waals surface area contributed by atoms with Crippen molar-refractivity contribution in [1.29, 1.82) is 5.26 Å². The maximum Gasteiger partial charge on any atom is 0.417 e. The molecule has 1 aliphatic rings. The van der Waals surface area contributed by atoms with Gasteiger partial charge in [0.15, 0.2) is 0 Å². The van der Waals surface area contributed by atoms with Crippen LogP contribution in [0.15, 0.2) is 11.1 Å². The number of nitrogens with zero attached hydrogens (tertiary/aromatic N) is 2. The molecule has 1 saturated carbocycles. The van der Waals surface area contributed by atoms with E-state index in [2.05, 4.69) is 17.2 Å². The third-order valence-corrected chi connectivity index (χ3v) is 5.23. The molecule has 1 aliphatic carbocycles. The quantitative estimate of drug-likeness (QED) is 0.811. The summed E-state index contributed by atoms with van der Waals surface area (Å²) in [5.74, 6) is 0.359. The SMILES string of the molecule is Cc1cc(C(F)(F)F)c(C#N)c(SCC(=O)NC2CCC(C)CC2)n1. The molecule has 0 aliphatic heterocycles. The minimum Gasteiger partial charge on any atom is -0.353 e. The number of alkyl halides is 3. The van der Waals surface area contributed by atoms with E-state index < -0.39 is 17.3 Å². The largest absolute Gasteiger partial charge is 0.417 e. The number of nitriles is 1. The Kier molecular flexibility index (Phi) is 6.33. The fourth-order valence-corrected chi connectivity index (χ4v) is 3.75. The lowest BCUT2D eigenvalue weighted by molar-refractivity contribution is -0.138. The fraction of sp³-hybridized carbons (Fsp3) is 0.588. The van der Waals surface area contributed by atoms with Gasteiger partial charge in [0.25, 0.3) is 0 Å². The van der Waals surface area contributed by atoms with Gasteiger partial charge in [-0.3, -0.25) is 4.79 Å². The highest BCUT2D eigenvalue weighted by molar-refractivity contribution is 8.00. The molecule has 0 radical (unpaired) electrons. The number of halogens is 3. The molecule has 136 valence electrons. The van der Waals surface area contributed by atoms with Crippen LogP contribution in [-0.4, -0.2) is 22.7 Å². The van der Waals surface area contributed by atoms with Crippen LogP contribution in [0.5, 0.6) is 0 Å². The number of carbonyl (C=O) groups excluding carboxylic acids is 1. The zero-order valence-electron chi connectivity index (χ0n) is 14.1. The summed E-state index contributed by atoms with van der Waals surface area (Å²) in [6.45, 7) is 3.61. The number of aromatic nitrogens is 1. The minimum absolute atomic E-state index is 0.0535. The number of hydrogen-bond donors (Lipinski definition) is 1. The highest BCUT2D eigenvalue weighted by Crippen LogP contribution is 2.35. The fourth-order valence-electron chi connectivity index (χ4n) is 2.89. The lowest BCUT2D eigenvalue weighted by atomic mass is 9.87. The minimum atomic E-state index is -4.63. The van der Waals surface area contributed by atoms with Crippen molar-refractivity contribution in [1.82, 2.24) is 10.3 Å². The van der Waals surface area contributed by atoms with Crippen molar-refractivity contribution in [2.45, 2.75) is 56.8 Å². The average Bonchev–Trinajstić information content (AvgIpc) is 2.53. The molecule has 1 N–H and O–H groups in total. The first-order chi connectivity index (χ1) is 11.7. The van der Waals surface area contributed by atoms with Crippen molar-refractivity contribution in [2.75, 3.05) is 5.75 Å². The zero-order valence-corrected chi connectivity index (χ0v) is 14.9. The van der Waals surface area contributed by atoms with Gasteiger partial charge in [-0.1, -0.05) is 18.7 Å². The van der Waals surface area contributed by atoms with Gasteiger partial charge >= 0.3 is 6.18 Å². The van der Waals surface area contributed by atoms with E-state index >= 15 is 0 Å². The second kappa shape index (κ2) is 8.09. The van der Waals surface area contributed by atoms with Crippen molar-refractivity contribution in [3.05, 3.63) is 22.9 Å². The Morgan fingerprint density at radius 1 is 1.40 bits per heavy atom. The van der Waals surface area contributed by atoms with Gasteiger partial charge in [-0.05, 0) is 44.6 Å². The van der Waals surface area contributed by atoms with Gasteiger partial charge in [0, 0.05) is 11.7 Å². The van der Waals surface area contributed by atoms with Crippen molar-refractivity contribution in [3.8, 4) is 6.07 Å². The normalized spacial score (nSPS) is 20.8. The molecule has 0 atom stereocenters. The molecule has 2 rings (SSSR count). The van der Waals surface area contributed by atoms with Gasteiger partial charge in [-0.2, -0.15) is 18.4 Å². The summed E-state index contributed by atoms with van der Waals surface area (Å²) in [4.78, 5) is 16.1. The number of thioether (sulfide) groups is 1. The third kappa shape index (κ3) is 5.36. The first-order valence-electron chi connectivity index (χ1n) is 8.11. The van der Waals surface area contributed by atoms with E-state index in [0.717, 1.165) is 43.5 Å². The third-order valence-electron chi connectivity index (χ3n) is 4.25. The van der Waals surface area contributed by atoms with Crippen molar-refractivity contribution in [3.63, 3.8) is 0 Å². The van der Waals surface area contributed by atoms with E-state index in [1.54, 1.807) is 6.07 Å². The van der Waals surface area contributed by atoms with E-state index in [4.69, 9.17) is 5.26 Å². The maximum atomic E-state index is 13.1. The van der Waals surface area contributed by atoms with Gasteiger partial charge in [0.1, 0.15) is 11.1 Å². The van der Waals surface area contributed by atoms with Gasteiger partial charge in [-0.15, -0.1) is 0 Å². The lowest BCUT2D eigenvalue weighted by Gasteiger charge is -2.26. The number of aryl methyl sites for hydroxylation is 1. The molecule has 1 fully saturated rings. The number of pyridine rings is 1. The van der Waals surface area contributed by atoms with Gasteiger partial charge in [0.2, 0.25) is 5.91 Å². The van der Waals surface area contributed by atoms with Crippen molar-refractivity contribution in [2.24, 2.45) is 5.92 Å². The Bertz CT molecular complexity index is 677. The first-order valence-corrected chi connectivity index (χ1v) is 9.10. The number of carbonyl (C=O) groups is 1. The maximum absolute atomic E-state index is 13.1. The van der Waals surface area contributed by atoms with Crippen LogP contribution in [0.2, 0.25) is 0 Å². The molecule has 0 aromatic carbocycles. The van der Waals surface area contributed by atoms with Crippen molar-refractivity contribution < 1.29 is 18.0 Å². The molecular formula is C17H20F3N3OS. The van der Waals surface area contributed by atoms with Crippen LogP contribution in [0.25, 0.3) is 0 Å². The standard InChI is InChI=1S/C17H20F3N3OS/c1-10-3-5-12(6-4-10)23-15(24)9-25-16-13(8-21)14(17(18,19)20)7-11(2)22-16/h7,10,12H,3-6,9H2,1-2H3,(H,23,24). The smallest absolute Gasteiger partial charge is 0.353 e. The zero-order chi connectivity index (χ0) is 18.6. The van der Waals surface area contributed by atoms with Gasteiger partial charge < -0.3 is 5.32 Å². The molecule has 1 aromatic heterocycles. The van der Waals surface area contributed by atoms with E-state index in [1.807, 2.05) is 0 Å². The summed E-state index contributed by atoms with van der Waals surface area (Å²) >= 11 is 0.868. The average molecular weight is 371 g/mol. The molecule has 8 heteroatoms. The van der Waals surface area contributed by atoms with Crippen LogP contribution in [-0.2, 0) is 11.0 Å². The molecule has 0 spiro atoms. The number of rotatable bonds is 4. The summed E-state index contributed by atoms with van der Waals surface area (Å²) in [6, 6.07) is 2.55. The lowest BCUT2D eigenvalue weighted by Crippen LogP contribution is -2.38. The highest BCUT2D eigenvalue weighted by atomic mass is 32.2. The first kappa shape index (κ1) is 19.6. The predicted molar refractivity (Wildman–Crippen MR) is 89.0 cm³/mol. The van der Waals surface area contributed by atoms with Crippen LogP contribution in [0.3, 0.4) is 0 Å². The van der Waals surface area contributed by atoms with E-state index in [1.165, 1.54) is 6.92 Å². The molecule has 1 amide bonds.